The van der Waals surface area contributed by atoms with Crippen LogP contribution in [0.25, 0.3) is 10.9 Å². The molecule has 0 radical (unpaired) electrons. The van der Waals surface area contributed by atoms with Crippen LogP contribution in [-0.4, -0.2) is 35.0 Å². The van der Waals surface area contributed by atoms with Crippen LogP contribution in [0.4, 0.5) is 14.5 Å². The summed E-state index contributed by atoms with van der Waals surface area (Å²) in [5, 5.41) is 0.901. The first kappa shape index (κ1) is 25.9. The maximum Gasteiger partial charge on any atom is 0.275 e. The summed E-state index contributed by atoms with van der Waals surface area (Å²) >= 11 is 3.50. The van der Waals surface area contributed by atoms with E-state index in [9.17, 15) is 22.0 Å². The molecule has 6 rings (SSSR count). The lowest BCUT2D eigenvalue weighted by Crippen LogP contribution is -2.35. The Labute approximate surface area is 231 Å². The second kappa shape index (κ2) is 9.39. The van der Waals surface area contributed by atoms with Crippen LogP contribution in [0.1, 0.15) is 44.9 Å². The van der Waals surface area contributed by atoms with Gasteiger partial charge in [-0.1, -0.05) is 24.3 Å². The maximum atomic E-state index is 14.9. The zero-order valence-corrected chi connectivity index (χ0v) is 23.0. The number of hydrogen-bond donors (Lipinski definition) is 0. The number of amides is 1. The Morgan fingerprint density at radius 1 is 1.13 bits per heavy atom. The van der Waals surface area contributed by atoms with E-state index in [2.05, 4.69) is 30.9 Å². The first-order valence-corrected chi connectivity index (χ1v) is 14.5. The number of anilines is 1. The molecular weight excluding hydrogens is 594 g/mol. The van der Waals surface area contributed by atoms with Gasteiger partial charge in [-0.25, -0.2) is 32.2 Å². The molecule has 2 aliphatic rings. The SMILES string of the molecule is Cc1ncc(C(=O)N(Cc2ccc3c4c(c(Br)nc3c2)COC4)c2cccc3c2S(=O)(=O)CCC3(F)F)cn1. The van der Waals surface area contributed by atoms with E-state index >= 15 is 0 Å². The molecule has 0 saturated heterocycles. The zero-order valence-electron chi connectivity index (χ0n) is 20.6. The number of aromatic nitrogens is 3. The van der Waals surface area contributed by atoms with Gasteiger partial charge in [0.2, 0.25) is 0 Å². The van der Waals surface area contributed by atoms with Crippen LogP contribution in [0.2, 0.25) is 0 Å². The molecule has 12 heteroatoms. The van der Waals surface area contributed by atoms with Crippen molar-refractivity contribution in [1.82, 2.24) is 15.0 Å². The van der Waals surface area contributed by atoms with Crippen LogP contribution < -0.4 is 4.90 Å². The van der Waals surface area contributed by atoms with E-state index in [1.54, 1.807) is 19.1 Å². The first-order chi connectivity index (χ1) is 18.5. The molecule has 1 amide bonds. The van der Waals surface area contributed by atoms with Crippen LogP contribution >= 0.6 is 15.9 Å². The number of carbonyl (C=O) groups excluding carboxylic acids is 1. The summed E-state index contributed by atoms with van der Waals surface area (Å²) in [6, 6.07) is 9.31. The Morgan fingerprint density at radius 3 is 2.64 bits per heavy atom. The van der Waals surface area contributed by atoms with Gasteiger partial charge >= 0.3 is 0 Å². The van der Waals surface area contributed by atoms with Crippen LogP contribution in [-0.2, 0) is 40.3 Å². The van der Waals surface area contributed by atoms with Crippen molar-refractivity contribution in [3.05, 3.63) is 87.0 Å². The van der Waals surface area contributed by atoms with Crippen molar-refractivity contribution in [2.45, 2.75) is 43.9 Å². The highest BCUT2D eigenvalue weighted by molar-refractivity contribution is 9.10. The molecule has 39 heavy (non-hydrogen) atoms. The molecule has 8 nitrogen and oxygen atoms in total. The van der Waals surface area contributed by atoms with E-state index in [1.165, 1.54) is 29.4 Å². The third-order valence-corrected chi connectivity index (χ3v) is 9.45. The van der Waals surface area contributed by atoms with E-state index in [4.69, 9.17) is 4.74 Å². The number of halogens is 3. The molecule has 0 saturated carbocycles. The van der Waals surface area contributed by atoms with Crippen molar-refractivity contribution in [3.63, 3.8) is 0 Å². The lowest BCUT2D eigenvalue weighted by molar-refractivity contribution is -0.0126. The molecule has 200 valence electrons. The predicted octanol–water partition coefficient (Wildman–Crippen LogP) is 5.24. The number of sulfone groups is 1. The van der Waals surface area contributed by atoms with Crippen molar-refractivity contribution < 1.29 is 26.7 Å². The monoisotopic (exact) mass is 614 g/mol. The molecule has 2 aromatic carbocycles. The first-order valence-electron chi connectivity index (χ1n) is 12.1. The minimum absolute atomic E-state index is 0.0924. The number of carbonyl (C=O) groups is 1. The largest absolute Gasteiger partial charge is 0.372 e. The summed E-state index contributed by atoms with van der Waals surface area (Å²) in [5.74, 6) is -4.25. The third kappa shape index (κ3) is 4.50. The number of aryl methyl sites for hydroxylation is 1. The lowest BCUT2D eigenvalue weighted by atomic mass is 10.0. The van der Waals surface area contributed by atoms with Gasteiger partial charge in [-0.3, -0.25) is 4.79 Å². The number of nitrogens with zero attached hydrogens (tertiary/aromatic N) is 4. The van der Waals surface area contributed by atoms with Crippen LogP contribution in [0.5, 0.6) is 0 Å². The van der Waals surface area contributed by atoms with E-state index in [0.29, 0.717) is 34.7 Å². The highest BCUT2D eigenvalue weighted by Gasteiger charge is 2.45. The van der Waals surface area contributed by atoms with Gasteiger partial charge < -0.3 is 9.64 Å². The Hall–Kier alpha value is -3.35. The molecule has 0 fully saturated rings. The number of benzene rings is 2. The van der Waals surface area contributed by atoms with Crippen LogP contribution in [0.15, 0.2) is 58.3 Å². The van der Waals surface area contributed by atoms with Gasteiger partial charge in [0.05, 0.1) is 47.2 Å². The minimum Gasteiger partial charge on any atom is -0.372 e. The summed E-state index contributed by atoms with van der Waals surface area (Å²) in [5.41, 5.74) is 2.65. The smallest absolute Gasteiger partial charge is 0.275 e. The third-order valence-electron chi connectivity index (χ3n) is 7.00. The van der Waals surface area contributed by atoms with Crippen LogP contribution in [0.3, 0.4) is 0 Å². The second-order valence-corrected chi connectivity index (χ2v) is 12.3. The lowest BCUT2D eigenvalue weighted by Gasteiger charge is -2.31. The second-order valence-electron chi connectivity index (χ2n) is 9.54. The fourth-order valence-electron chi connectivity index (χ4n) is 5.01. The molecule has 4 heterocycles. The van der Waals surface area contributed by atoms with Crippen molar-refractivity contribution >= 4 is 48.3 Å². The number of rotatable bonds is 4. The summed E-state index contributed by atoms with van der Waals surface area (Å²) < 4.78 is 62.3. The predicted molar refractivity (Wildman–Crippen MR) is 142 cm³/mol. The topological polar surface area (TPSA) is 102 Å². The number of alkyl halides is 2. The molecule has 2 aliphatic heterocycles. The number of ether oxygens (including phenoxy) is 1. The van der Waals surface area contributed by atoms with E-state index in [1.807, 2.05) is 6.07 Å². The highest BCUT2D eigenvalue weighted by atomic mass is 79.9. The number of pyridine rings is 1. The van der Waals surface area contributed by atoms with Crippen molar-refractivity contribution in [1.29, 1.82) is 0 Å². The van der Waals surface area contributed by atoms with E-state index in [0.717, 1.165) is 22.6 Å². The van der Waals surface area contributed by atoms with Gasteiger partial charge in [-0.15, -0.1) is 0 Å². The van der Waals surface area contributed by atoms with Crippen molar-refractivity contribution in [2.24, 2.45) is 0 Å². The highest BCUT2D eigenvalue weighted by Crippen LogP contribution is 2.45. The van der Waals surface area contributed by atoms with E-state index in [-0.39, 0.29) is 17.8 Å². The summed E-state index contributed by atoms with van der Waals surface area (Å²) in [4.78, 5) is 27.3. The van der Waals surface area contributed by atoms with Crippen molar-refractivity contribution in [2.75, 3.05) is 10.7 Å². The summed E-state index contributed by atoms with van der Waals surface area (Å²) in [6.07, 6.45) is 1.85. The maximum absolute atomic E-state index is 14.9. The fraction of sp³-hybridized carbons (Fsp3) is 0.259. The molecule has 0 spiro atoms. The van der Waals surface area contributed by atoms with Gasteiger partial charge in [0.15, 0.2) is 9.84 Å². The van der Waals surface area contributed by atoms with Gasteiger partial charge in [0.25, 0.3) is 11.8 Å². The molecule has 4 aromatic rings. The minimum atomic E-state index is -4.09. The van der Waals surface area contributed by atoms with Gasteiger partial charge in [-0.2, -0.15) is 0 Å². The Balaban J connectivity index is 1.51. The Bertz CT molecular complexity index is 1760. The van der Waals surface area contributed by atoms with Gasteiger partial charge in [0.1, 0.15) is 10.4 Å². The summed E-state index contributed by atoms with van der Waals surface area (Å²) in [7, 11) is -4.09. The molecule has 0 unspecified atom stereocenters. The Kier molecular flexibility index (Phi) is 6.23. The average molecular weight is 615 g/mol. The zero-order chi connectivity index (χ0) is 27.5. The molecule has 0 bridgehead atoms. The van der Waals surface area contributed by atoms with Gasteiger partial charge in [0, 0.05) is 35.3 Å². The normalized spacial score (nSPS) is 17.0. The molecule has 0 aliphatic carbocycles. The molecule has 2 aromatic heterocycles. The standard InChI is InChI=1S/C27H21BrF2N4O4S/c1-15-31-10-17(11-32-15)26(35)34(23-4-2-3-21-24(23)39(36,37)8-7-27(21,29)30)12-16-5-6-18-19-13-38-14-20(19)25(28)33-22(18)9-16/h2-6,9-11H,7-8,12-14H2,1H3. The molecular formula is C27H21BrF2N4O4S. The van der Waals surface area contributed by atoms with Gasteiger partial charge in [-0.05, 0) is 46.1 Å². The van der Waals surface area contributed by atoms with Crippen molar-refractivity contribution in [3.8, 4) is 0 Å². The number of hydrogen-bond acceptors (Lipinski definition) is 7. The molecule has 0 atom stereocenters. The quantitative estimate of drug-likeness (QED) is 0.290. The molecule has 0 N–H and O–H groups in total. The Morgan fingerprint density at radius 2 is 1.87 bits per heavy atom. The number of fused-ring (bicyclic) bond motifs is 4. The fourth-order valence-corrected chi connectivity index (χ4v) is 7.33. The van der Waals surface area contributed by atoms with E-state index < -0.39 is 44.3 Å². The van der Waals surface area contributed by atoms with Crippen LogP contribution in [0, 0.1) is 6.92 Å². The average Bonchev–Trinajstić information content (AvgIpc) is 3.41. The summed E-state index contributed by atoms with van der Waals surface area (Å²) in [6.45, 7) is 2.47.